The summed E-state index contributed by atoms with van der Waals surface area (Å²) in [6, 6.07) is 0. The van der Waals surface area contributed by atoms with Crippen molar-refractivity contribution in [1.29, 1.82) is 0 Å². The van der Waals surface area contributed by atoms with E-state index in [4.69, 9.17) is 0 Å². The van der Waals surface area contributed by atoms with E-state index < -0.39 is 0 Å². The van der Waals surface area contributed by atoms with Crippen molar-refractivity contribution < 1.29 is 4.63 Å². The molecule has 0 atom stereocenters. The van der Waals surface area contributed by atoms with E-state index in [2.05, 4.69) is 24.9 Å². The first-order chi connectivity index (χ1) is 6.43. The fourth-order valence-electron chi connectivity index (χ4n) is 1.69. The SMILES string of the molecule is C1CCc2nc3nonc3nc2C1. The monoisotopic (exact) mass is 176 g/mol. The van der Waals surface area contributed by atoms with Crippen LogP contribution >= 0.6 is 0 Å². The summed E-state index contributed by atoms with van der Waals surface area (Å²) in [6.07, 6.45) is 4.40. The summed E-state index contributed by atoms with van der Waals surface area (Å²) in [6.45, 7) is 0. The molecular weight excluding hydrogens is 168 g/mol. The topological polar surface area (TPSA) is 64.7 Å². The highest BCUT2D eigenvalue weighted by Gasteiger charge is 2.15. The van der Waals surface area contributed by atoms with Crippen LogP contribution in [-0.2, 0) is 12.8 Å². The molecule has 5 heteroatoms. The fraction of sp³-hybridized carbons (Fsp3) is 0.500. The van der Waals surface area contributed by atoms with Gasteiger partial charge in [-0.3, -0.25) is 0 Å². The summed E-state index contributed by atoms with van der Waals surface area (Å²) >= 11 is 0. The molecule has 0 amide bonds. The lowest BCUT2D eigenvalue weighted by molar-refractivity contribution is 0.314. The van der Waals surface area contributed by atoms with E-state index in [9.17, 15) is 0 Å². The lowest BCUT2D eigenvalue weighted by atomic mass is 10.0. The van der Waals surface area contributed by atoms with Crippen LogP contribution in [0.25, 0.3) is 11.3 Å². The Hall–Kier alpha value is -1.52. The van der Waals surface area contributed by atoms with Crippen LogP contribution < -0.4 is 0 Å². The van der Waals surface area contributed by atoms with Crippen molar-refractivity contribution in [3.05, 3.63) is 11.4 Å². The van der Waals surface area contributed by atoms with Gasteiger partial charge in [0.1, 0.15) is 0 Å². The van der Waals surface area contributed by atoms with Gasteiger partial charge in [0.05, 0.1) is 11.4 Å². The number of hydrogen-bond donors (Lipinski definition) is 0. The Kier molecular flexibility index (Phi) is 1.32. The quantitative estimate of drug-likeness (QED) is 0.596. The van der Waals surface area contributed by atoms with Gasteiger partial charge in [0.15, 0.2) is 0 Å². The molecule has 0 radical (unpaired) electrons. The molecule has 3 rings (SSSR count). The first-order valence-corrected chi connectivity index (χ1v) is 4.41. The van der Waals surface area contributed by atoms with Crippen molar-refractivity contribution in [2.24, 2.45) is 0 Å². The van der Waals surface area contributed by atoms with Crippen LogP contribution in [0.15, 0.2) is 4.63 Å². The molecular formula is C8H8N4O. The predicted octanol–water partition coefficient (Wildman–Crippen LogP) is 0.892. The molecule has 2 aromatic rings. The number of hydrogen-bond acceptors (Lipinski definition) is 5. The van der Waals surface area contributed by atoms with Gasteiger partial charge in [0.2, 0.25) is 11.3 Å². The largest absolute Gasteiger partial charge is 0.243 e. The van der Waals surface area contributed by atoms with Crippen LogP contribution in [-0.4, -0.2) is 20.3 Å². The zero-order valence-corrected chi connectivity index (χ0v) is 7.03. The Morgan fingerprint density at radius 2 is 1.38 bits per heavy atom. The molecule has 0 bridgehead atoms. The van der Waals surface area contributed by atoms with Gasteiger partial charge in [-0.05, 0) is 36.0 Å². The first-order valence-electron chi connectivity index (χ1n) is 4.41. The fourth-order valence-corrected chi connectivity index (χ4v) is 1.69. The molecule has 5 nitrogen and oxygen atoms in total. The predicted molar refractivity (Wildman–Crippen MR) is 44.0 cm³/mol. The Labute approximate surface area is 74.1 Å². The van der Waals surface area contributed by atoms with Gasteiger partial charge in [0.25, 0.3) is 0 Å². The maximum absolute atomic E-state index is 4.56. The summed E-state index contributed by atoms with van der Waals surface area (Å²) < 4.78 is 4.56. The highest BCUT2D eigenvalue weighted by molar-refractivity contribution is 5.63. The standard InChI is InChI=1S/C8H8N4O/c1-2-4-6-5(3-1)9-7-8(10-6)12-13-11-7/h1-4H2. The minimum atomic E-state index is 0.528. The van der Waals surface area contributed by atoms with Gasteiger partial charge in [-0.2, -0.15) is 0 Å². The molecule has 2 aromatic heterocycles. The summed E-state index contributed by atoms with van der Waals surface area (Å²) in [5, 5.41) is 7.33. The lowest BCUT2D eigenvalue weighted by Crippen LogP contribution is -2.07. The van der Waals surface area contributed by atoms with Crippen molar-refractivity contribution in [2.45, 2.75) is 25.7 Å². The second-order valence-corrected chi connectivity index (χ2v) is 3.24. The minimum Gasteiger partial charge on any atom is -0.240 e. The number of fused-ring (bicyclic) bond motifs is 2. The molecule has 13 heavy (non-hydrogen) atoms. The third-order valence-electron chi connectivity index (χ3n) is 2.35. The normalized spacial score (nSPS) is 16.0. The molecule has 0 saturated carbocycles. The average molecular weight is 176 g/mol. The molecule has 1 aliphatic rings. The molecule has 0 fully saturated rings. The molecule has 66 valence electrons. The van der Waals surface area contributed by atoms with Gasteiger partial charge in [0, 0.05) is 0 Å². The highest BCUT2D eigenvalue weighted by atomic mass is 16.6. The third-order valence-corrected chi connectivity index (χ3v) is 2.35. The smallest absolute Gasteiger partial charge is 0.240 e. The summed E-state index contributed by atoms with van der Waals surface area (Å²) in [5.74, 6) is 0. The Morgan fingerprint density at radius 3 is 1.92 bits per heavy atom. The van der Waals surface area contributed by atoms with Crippen LogP contribution in [0.5, 0.6) is 0 Å². The van der Waals surface area contributed by atoms with Crippen LogP contribution in [0.1, 0.15) is 24.2 Å². The highest BCUT2D eigenvalue weighted by Crippen LogP contribution is 2.18. The molecule has 0 saturated heterocycles. The Bertz CT molecular complexity index is 410. The number of nitrogens with zero attached hydrogens (tertiary/aromatic N) is 4. The van der Waals surface area contributed by atoms with Crippen molar-refractivity contribution in [1.82, 2.24) is 20.3 Å². The van der Waals surface area contributed by atoms with E-state index in [1.165, 1.54) is 12.8 Å². The number of rotatable bonds is 0. The van der Waals surface area contributed by atoms with Gasteiger partial charge >= 0.3 is 0 Å². The Balaban J connectivity index is 2.28. The maximum Gasteiger partial charge on any atom is 0.243 e. The van der Waals surface area contributed by atoms with E-state index in [1.54, 1.807) is 0 Å². The van der Waals surface area contributed by atoms with E-state index in [0.717, 1.165) is 24.2 Å². The zero-order valence-electron chi connectivity index (χ0n) is 7.03. The summed E-state index contributed by atoms with van der Waals surface area (Å²) in [5.41, 5.74) is 3.19. The number of aromatic nitrogens is 4. The average Bonchev–Trinajstić information content (AvgIpc) is 2.61. The van der Waals surface area contributed by atoms with E-state index >= 15 is 0 Å². The molecule has 0 aliphatic heterocycles. The van der Waals surface area contributed by atoms with Gasteiger partial charge < -0.3 is 0 Å². The summed E-state index contributed by atoms with van der Waals surface area (Å²) in [4.78, 5) is 8.69. The molecule has 0 aromatic carbocycles. The molecule has 2 heterocycles. The van der Waals surface area contributed by atoms with E-state index in [-0.39, 0.29) is 0 Å². The van der Waals surface area contributed by atoms with Gasteiger partial charge in [-0.15, -0.1) is 0 Å². The van der Waals surface area contributed by atoms with E-state index in [0.29, 0.717) is 11.3 Å². The third kappa shape index (κ3) is 0.998. The molecule has 0 unspecified atom stereocenters. The number of aryl methyl sites for hydroxylation is 2. The van der Waals surface area contributed by atoms with Crippen LogP contribution in [0.4, 0.5) is 0 Å². The molecule has 0 N–H and O–H groups in total. The Morgan fingerprint density at radius 1 is 0.846 bits per heavy atom. The van der Waals surface area contributed by atoms with Crippen LogP contribution in [0.3, 0.4) is 0 Å². The second-order valence-electron chi connectivity index (χ2n) is 3.24. The first kappa shape index (κ1) is 6.94. The van der Waals surface area contributed by atoms with Crippen LogP contribution in [0.2, 0.25) is 0 Å². The minimum absolute atomic E-state index is 0.528. The van der Waals surface area contributed by atoms with Crippen molar-refractivity contribution in [3.8, 4) is 0 Å². The molecule has 0 spiro atoms. The molecule has 1 aliphatic carbocycles. The van der Waals surface area contributed by atoms with E-state index in [1.807, 2.05) is 0 Å². The second kappa shape index (κ2) is 2.48. The summed E-state index contributed by atoms with van der Waals surface area (Å²) in [7, 11) is 0. The maximum atomic E-state index is 4.56. The van der Waals surface area contributed by atoms with Gasteiger partial charge in [-0.1, -0.05) is 0 Å². The van der Waals surface area contributed by atoms with Crippen molar-refractivity contribution in [2.75, 3.05) is 0 Å². The van der Waals surface area contributed by atoms with Crippen molar-refractivity contribution >= 4 is 11.3 Å². The van der Waals surface area contributed by atoms with Gasteiger partial charge in [-0.25, -0.2) is 14.6 Å². The van der Waals surface area contributed by atoms with Crippen molar-refractivity contribution in [3.63, 3.8) is 0 Å². The van der Waals surface area contributed by atoms with Crippen LogP contribution in [0, 0.1) is 0 Å². The zero-order chi connectivity index (χ0) is 8.67. The lowest BCUT2D eigenvalue weighted by Gasteiger charge is -2.11.